The highest BCUT2D eigenvalue weighted by Gasteiger charge is 2.67. The summed E-state index contributed by atoms with van der Waals surface area (Å²) < 4.78 is 129. The number of sulfonamides is 1. The predicted octanol–water partition coefficient (Wildman–Crippen LogP) is 3.77. The molecule has 14 heteroatoms. The van der Waals surface area contributed by atoms with E-state index in [1.54, 1.807) is 6.92 Å². The van der Waals surface area contributed by atoms with Crippen LogP contribution in [0.4, 0.5) is 22.0 Å². The summed E-state index contributed by atoms with van der Waals surface area (Å²) in [6.45, 7) is 1.11. The number of benzene rings is 1. The average molecular weight is 582 g/mol. The van der Waals surface area contributed by atoms with E-state index in [9.17, 15) is 43.6 Å². The van der Waals surface area contributed by atoms with Gasteiger partial charge in [-0.05, 0) is 68.0 Å². The Kier molecular flexibility index (Phi) is 6.16. The normalized spacial score (nSPS) is 34.1. The third-order valence-electron chi connectivity index (χ3n) is 8.23. The number of fused-ring (bicyclic) bond motifs is 4. The van der Waals surface area contributed by atoms with Crippen LogP contribution < -0.4 is 4.72 Å². The number of halogens is 5. The second-order valence-corrected chi connectivity index (χ2v) is 14.3. The first-order valence-electron chi connectivity index (χ1n) is 12.0. The monoisotopic (exact) mass is 581 g/mol. The number of carbonyl (C=O) groups excluding carboxylic acids is 1. The van der Waals surface area contributed by atoms with Crippen molar-refractivity contribution in [2.45, 2.75) is 65.6 Å². The lowest BCUT2D eigenvalue weighted by molar-refractivity contribution is -0.137. The molecule has 4 aliphatic rings. The molecule has 1 aromatic carbocycles. The second kappa shape index (κ2) is 8.59. The van der Waals surface area contributed by atoms with Gasteiger partial charge in [0.1, 0.15) is 4.75 Å². The highest BCUT2D eigenvalue weighted by atomic mass is 32.2. The molecule has 1 saturated carbocycles. The van der Waals surface area contributed by atoms with Gasteiger partial charge in [0.15, 0.2) is 21.4 Å². The summed E-state index contributed by atoms with van der Waals surface area (Å²) in [6, 6.07) is 1.95. The zero-order valence-corrected chi connectivity index (χ0v) is 21.6. The van der Waals surface area contributed by atoms with Gasteiger partial charge in [-0.3, -0.25) is 4.79 Å². The maximum absolute atomic E-state index is 14.9. The fourth-order valence-corrected chi connectivity index (χ4v) is 10.7. The van der Waals surface area contributed by atoms with E-state index < -0.39 is 100 Å². The molecular weight excluding hydrogens is 557 g/mol. The van der Waals surface area contributed by atoms with Crippen LogP contribution in [0.5, 0.6) is 0 Å². The Labute approximate surface area is 216 Å². The number of ketones is 1. The van der Waals surface area contributed by atoms with E-state index >= 15 is 0 Å². The Hall–Kier alpha value is -2.32. The SMILES string of the molecule is CC[C@@H]1C[C@@H]2[C@@H](CC[C@@]3(S(=O)(=O)c4ccc(C(F)(F)F)cc4)C4=C(OC[C@@H]23)C(F)(F)C=CC4=O)NS1(=O)=O. The molecule has 0 radical (unpaired) electrons. The van der Waals surface area contributed by atoms with E-state index in [0.717, 1.165) is 12.1 Å². The first-order valence-corrected chi connectivity index (χ1v) is 15.0. The summed E-state index contributed by atoms with van der Waals surface area (Å²) in [6.07, 6.45) is -4.11. The number of nitrogens with one attached hydrogen (secondary N) is 1. The van der Waals surface area contributed by atoms with Gasteiger partial charge in [0.2, 0.25) is 10.0 Å². The molecule has 2 heterocycles. The molecule has 208 valence electrons. The zero-order valence-electron chi connectivity index (χ0n) is 20.0. The minimum absolute atomic E-state index is 0.0118. The quantitative estimate of drug-likeness (QED) is 0.545. The molecule has 2 aliphatic heterocycles. The number of rotatable bonds is 3. The van der Waals surface area contributed by atoms with Gasteiger partial charge < -0.3 is 4.74 Å². The largest absolute Gasteiger partial charge is 0.490 e. The van der Waals surface area contributed by atoms with Crippen LogP contribution in [0.1, 0.15) is 38.2 Å². The molecule has 1 N–H and O–H groups in total. The molecule has 5 rings (SSSR count). The molecule has 7 nitrogen and oxygen atoms in total. The summed E-state index contributed by atoms with van der Waals surface area (Å²) in [5.74, 6) is -7.67. The Morgan fingerprint density at radius 2 is 1.82 bits per heavy atom. The third-order valence-corrected chi connectivity index (χ3v) is 12.8. The lowest BCUT2D eigenvalue weighted by Crippen LogP contribution is -2.66. The van der Waals surface area contributed by atoms with Crippen molar-refractivity contribution < 1.29 is 48.3 Å². The first kappa shape index (κ1) is 27.3. The van der Waals surface area contributed by atoms with Gasteiger partial charge in [-0.1, -0.05) is 6.92 Å². The minimum atomic E-state index is -4.77. The summed E-state index contributed by atoms with van der Waals surface area (Å²) in [7, 11) is -8.49. The van der Waals surface area contributed by atoms with Crippen molar-refractivity contribution in [1.29, 1.82) is 0 Å². The maximum Gasteiger partial charge on any atom is 0.416 e. The first-order chi connectivity index (χ1) is 17.6. The van der Waals surface area contributed by atoms with E-state index in [4.69, 9.17) is 4.74 Å². The van der Waals surface area contributed by atoms with Gasteiger partial charge in [-0.25, -0.2) is 21.6 Å². The fraction of sp³-hybridized carbons (Fsp3) is 0.542. The molecular formula is C24H24F5NO6S2. The van der Waals surface area contributed by atoms with E-state index in [1.807, 2.05) is 0 Å². The molecule has 0 unspecified atom stereocenters. The molecule has 0 spiro atoms. The summed E-state index contributed by atoms with van der Waals surface area (Å²) in [4.78, 5) is 12.6. The molecule has 1 saturated heterocycles. The van der Waals surface area contributed by atoms with Crippen molar-refractivity contribution >= 4 is 25.6 Å². The van der Waals surface area contributed by atoms with Gasteiger partial charge in [0, 0.05) is 12.0 Å². The lowest BCUT2D eigenvalue weighted by Gasteiger charge is -2.55. The molecule has 0 bridgehead atoms. The van der Waals surface area contributed by atoms with Crippen LogP contribution in [0, 0.1) is 11.8 Å². The van der Waals surface area contributed by atoms with Gasteiger partial charge in [-0.2, -0.15) is 22.0 Å². The number of sulfone groups is 1. The van der Waals surface area contributed by atoms with Crippen molar-refractivity contribution in [1.82, 2.24) is 4.72 Å². The molecule has 2 fully saturated rings. The number of alkyl halides is 5. The van der Waals surface area contributed by atoms with Crippen LogP contribution in [0.15, 0.2) is 52.6 Å². The molecule has 0 aromatic heterocycles. The molecule has 5 atom stereocenters. The third kappa shape index (κ3) is 3.85. The van der Waals surface area contributed by atoms with Crippen molar-refractivity contribution in [2.75, 3.05) is 6.61 Å². The van der Waals surface area contributed by atoms with E-state index in [-0.39, 0.29) is 19.3 Å². The standard InChI is InChI=1S/C24H24F5NO6S2/c1-2-14-11-16-17-12-36-21-20(19(31)8-10-23(21,25)26)22(17,9-7-18(16)30-38(14,34)35)37(32,33)15-5-3-13(4-6-15)24(27,28)29/h3-6,8,10,14,16-18,30H,2,7,9,11-12H2,1H3/t14-,16+,17+,18-,22+/m1/s1. The Balaban J connectivity index is 1.72. The van der Waals surface area contributed by atoms with Crippen molar-refractivity contribution in [3.8, 4) is 0 Å². The van der Waals surface area contributed by atoms with E-state index in [0.29, 0.717) is 24.3 Å². The van der Waals surface area contributed by atoms with Crippen LogP contribution in [0.25, 0.3) is 0 Å². The predicted molar refractivity (Wildman–Crippen MR) is 124 cm³/mol. The van der Waals surface area contributed by atoms with Gasteiger partial charge in [-0.15, -0.1) is 0 Å². The summed E-state index contributed by atoms with van der Waals surface area (Å²) >= 11 is 0. The number of allylic oxidation sites excluding steroid dienone is 2. The topological polar surface area (TPSA) is 107 Å². The highest BCUT2D eigenvalue weighted by Crippen LogP contribution is 2.58. The number of hydrogen-bond acceptors (Lipinski definition) is 6. The Morgan fingerprint density at radius 1 is 1.16 bits per heavy atom. The van der Waals surface area contributed by atoms with Gasteiger partial charge >= 0.3 is 12.1 Å². The van der Waals surface area contributed by atoms with Crippen molar-refractivity contribution in [2.24, 2.45) is 11.8 Å². The molecule has 1 aromatic rings. The zero-order chi connectivity index (χ0) is 27.9. The minimum Gasteiger partial charge on any atom is -0.490 e. The summed E-state index contributed by atoms with van der Waals surface area (Å²) in [5, 5.41) is -0.882. The Bertz CT molecular complexity index is 1450. The smallest absolute Gasteiger partial charge is 0.416 e. The van der Waals surface area contributed by atoms with Gasteiger partial charge in [0.05, 0.1) is 27.9 Å². The van der Waals surface area contributed by atoms with E-state index in [2.05, 4.69) is 4.72 Å². The van der Waals surface area contributed by atoms with Crippen LogP contribution in [-0.4, -0.2) is 51.2 Å². The van der Waals surface area contributed by atoms with Crippen molar-refractivity contribution in [3.63, 3.8) is 0 Å². The second-order valence-electron chi connectivity index (χ2n) is 10.1. The lowest BCUT2D eigenvalue weighted by atomic mass is 9.62. The van der Waals surface area contributed by atoms with E-state index in [1.165, 1.54) is 0 Å². The molecule has 0 amide bonds. The number of hydrogen-bond donors (Lipinski definition) is 1. The Morgan fingerprint density at radius 3 is 2.42 bits per heavy atom. The van der Waals surface area contributed by atoms with Crippen LogP contribution in [-0.2, 0) is 35.6 Å². The number of carbonyl (C=O) groups is 1. The highest BCUT2D eigenvalue weighted by molar-refractivity contribution is 7.93. The molecule has 2 aliphatic carbocycles. The van der Waals surface area contributed by atoms with Crippen LogP contribution in [0.2, 0.25) is 0 Å². The fourth-order valence-electron chi connectivity index (χ4n) is 6.42. The molecule has 38 heavy (non-hydrogen) atoms. The maximum atomic E-state index is 14.9. The van der Waals surface area contributed by atoms with Gasteiger partial charge in [0.25, 0.3) is 0 Å². The van der Waals surface area contributed by atoms with Crippen LogP contribution in [0.3, 0.4) is 0 Å². The summed E-state index contributed by atoms with van der Waals surface area (Å²) in [5.41, 5.74) is -1.84. The van der Waals surface area contributed by atoms with Crippen molar-refractivity contribution in [3.05, 3.63) is 53.3 Å². The number of ether oxygens (including phenoxy) is 1. The van der Waals surface area contributed by atoms with Crippen LogP contribution >= 0.6 is 0 Å². The average Bonchev–Trinajstić information content (AvgIpc) is 2.84.